The maximum absolute atomic E-state index is 11.8. The van der Waals surface area contributed by atoms with Crippen LogP contribution in [0.5, 0.6) is 0 Å². The summed E-state index contributed by atoms with van der Waals surface area (Å²) in [5.74, 6) is 0. The Balaban J connectivity index is 2.65. The quantitative estimate of drug-likeness (QED) is 0.691. The van der Waals surface area contributed by atoms with Gasteiger partial charge in [0.25, 0.3) is 5.56 Å². The average Bonchev–Trinajstić information content (AvgIpc) is 2.25. The molecule has 0 aliphatic rings. The summed E-state index contributed by atoms with van der Waals surface area (Å²) in [4.78, 5) is 11.8. The molecule has 2 rings (SSSR count). The van der Waals surface area contributed by atoms with Gasteiger partial charge < -0.3 is 0 Å². The summed E-state index contributed by atoms with van der Waals surface area (Å²) in [7, 11) is 0. The summed E-state index contributed by atoms with van der Waals surface area (Å²) in [5.41, 5.74) is 3.08. The van der Waals surface area contributed by atoms with Gasteiger partial charge in [0.15, 0.2) is 0 Å². The summed E-state index contributed by atoms with van der Waals surface area (Å²) in [5, 5.41) is 0. The lowest BCUT2D eigenvalue weighted by Gasteiger charge is -2.07. The molecule has 0 aliphatic heterocycles. The lowest BCUT2D eigenvalue weighted by molar-refractivity contribution is 0.966. The fourth-order valence-electron chi connectivity index (χ4n) is 1.52. The van der Waals surface area contributed by atoms with E-state index in [0.29, 0.717) is 0 Å². The molecule has 0 saturated carbocycles. The van der Waals surface area contributed by atoms with E-state index in [4.69, 9.17) is 0 Å². The highest BCUT2D eigenvalue weighted by molar-refractivity contribution is 5.34. The fraction of sp³-hybridized carbons (Fsp3) is 0.154. The van der Waals surface area contributed by atoms with Crippen molar-refractivity contribution in [2.75, 3.05) is 0 Å². The van der Waals surface area contributed by atoms with Crippen molar-refractivity contribution in [3.63, 3.8) is 0 Å². The SMILES string of the molecule is Cc1cc(=O)n(-c2ccccc2)cc1C. The van der Waals surface area contributed by atoms with E-state index in [-0.39, 0.29) is 5.56 Å². The molecule has 0 aliphatic carbocycles. The molecule has 0 saturated heterocycles. The van der Waals surface area contributed by atoms with Crippen LogP contribution in [0.25, 0.3) is 5.69 Å². The van der Waals surface area contributed by atoms with Crippen LogP contribution in [-0.2, 0) is 0 Å². The van der Waals surface area contributed by atoms with Crippen molar-refractivity contribution in [1.29, 1.82) is 0 Å². The fourth-order valence-corrected chi connectivity index (χ4v) is 1.52. The zero-order valence-electron chi connectivity index (χ0n) is 8.90. The molecule has 0 unspecified atom stereocenters. The molecule has 15 heavy (non-hydrogen) atoms. The molecule has 0 spiro atoms. The van der Waals surface area contributed by atoms with Gasteiger partial charge in [0.1, 0.15) is 0 Å². The van der Waals surface area contributed by atoms with Gasteiger partial charge in [-0.1, -0.05) is 18.2 Å². The van der Waals surface area contributed by atoms with Gasteiger partial charge in [0.2, 0.25) is 0 Å². The van der Waals surface area contributed by atoms with Crippen LogP contribution in [0.4, 0.5) is 0 Å². The van der Waals surface area contributed by atoms with E-state index in [9.17, 15) is 4.79 Å². The maximum atomic E-state index is 11.8. The first-order valence-electron chi connectivity index (χ1n) is 4.94. The Bertz CT molecular complexity index is 526. The van der Waals surface area contributed by atoms with Crippen molar-refractivity contribution >= 4 is 0 Å². The van der Waals surface area contributed by atoms with Gasteiger partial charge in [-0.25, -0.2) is 0 Å². The number of rotatable bonds is 1. The van der Waals surface area contributed by atoms with Gasteiger partial charge in [-0.2, -0.15) is 0 Å². The topological polar surface area (TPSA) is 22.0 Å². The molecule has 2 nitrogen and oxygen atoms in total. The van der Waals surface area contributed by atoms with Crippen molar-refractivity contribution in [3.8, 4) is 5.69 Å². The third-order valence-electron chi connectivity index (χ3n) is 2.56. The standard InChI is InChI=1S/C13H13NO/c1-10-8-13(15)14(9-11(10)2)12-6-4-3-5-7-12/h3-9H,1-2H3. The van der Waals surface area contributed by atoms with Crippen molar-refractivity contribution in [2.45, 2.75) is 13.8 Å². The predicted octanol–water partition coefficient (Wildman–Crippen LogP) is 2.45. The first-order chi connectivity index (χ1) is 7.18. The Morgan fingerprint density at radius 1 is 1.00 bits per heavy atom. The number of para-hydroxylation sites is 1. The highest BCUT2D eigenvalue weighted by atomic mass is 16.1. The van der Waals surface area contributed by atoms with Crippen LogP contribution in [-0.4, -0.2) is 4.57 Å². The minimum atomic E-state index is 0.0179. The van der Waals surface area contributed by atoms with Crippen molar-refractivity contribution in [1.82, 2.24) is 4.57 Å². The number of aromatic nitrogens is 1. The van der Waals surface area contributed by atoms with Crippen LogP contribution in [0, 0.1) is 13.8 Å². The molecule has 0 radical (unpaired) electrons. The number of aryl methyl sites for hydroxylation is 2. The molecule has 0 N–H and O–H groups in total. The second-order valence-corrected chi connectivity index (χ2v) is 3.68. The normalized spacial score (nSPS) is 10.3. The van der Waals surface area contributed by atoms with Gasteiger partial charge in [-0.05, 0) is 37.1 Å². The number of nitrogens with zero attached hydrogens (tertiary/aromatic N) is 1. The van der Waals surface area contributed by atoms with Crippen LogP contribution in [0.3, 0.4) is 0 Å². The van der Waals surface area contributed by atoms with Crippen LogP contribution in [0.1, 0.15) is 11.1 Å². The van der Waals surface area contributed by atoms with Crippen LogP contribution in [0.15, 0.2) is 47.4 Å². The molecule has 1 aromatic heterocycles. The Labute approximate surface area is 88.8 Å². The van der Waals surface area contributed by atoms with Crippen molar-refractivity contribution in [2.24, 2.45) is 0 Å². The molecule has 76 valence electrons. The minimum absolute atomic E-state index is 0.0179. The third kappa shape index (κ3) is 1.84. The molecule has 0 atom stereocenters. The first-order valence-corrected chi connectivity index (χ1v) is 4.94. The Kier molecular flexibility index (Phi) is 2.42. The lowest BCUT2D eigenvalue weighted by atomic mass is 10.2. The van der Waals surface area contributed by atoms with Crippen LogP contribution < -0.4 is 5.56 Å². The van der Waals surface area contributed by atoms with E-state index in [1.807, 2.05) is 50.4 Å². The smallest absolute Gasteiger partial charge is 0.255 e. The van der Waals surface area contributed by atoms with Crippen molar-refractivity contribution < 1.29 is 0 Å². The molecular formula is C13H13NO. The van der Waals surface area contributed by atoms with Crippen LogP contribution in [0.2, 0.25) is 0 Å². The van der Waals surface area contributed by atoms with Gasteiger partial charge in [0.05, 0.1) is 0 Å². The molecule has 0 fully saturated rings. The highest BCUT2D eigenvalue weighted by Gasteiger charge is 2.01. The lowest BCUT2D eigenvalue weighted by Crippen LogP contribution is -2.17. The van der Waals surface area contributed by atoms with Crippen molar-refractivity contribution in [3.05, 3.63) is 64.1 Å². The van der Waals surface area contributed by atoms with Gasteiger partial charge in [-0.3, -0.25) is 9.36 Å². The molecule has 0 bridgehead atoms. The Morgan fingerprint density at radius 2 is 1.67 bits per heavy atom. The molecule has 2 heteroatoms. The number of pyridine rings is 1. The molecule has 0 amide bonds. The number of benzene rings is 1. The summed E-state index contributed by atoms with van der Waals surface area (Å²) in [6.07, 6.45) is 1.88. The average molecular weight is 199 g/mol. The first kappa shape index (κ1) is 9.71. The molecular weight excluding hydrogens is 186 g/mol. The van der Waals surface area contributed by atoms with Gasteiger partial charge in [0, 0.05) is 18.0 Å². The van der Waals surface area contributed by atoms with Gasteiger partial charge >= 0.3 is 0 Å². The predicted molar refractivity (Wildman–Crippen MR) is 61.5 cm³/mol. The monoisotopic (exact) mass is 199 g/mol. The summed E-state index contributed by atoms with van der Waals surface area (Å²) >= 11 is 0. The van der Waals surface area contributed by atoms with E-state index in [1.165, 1.54) is 0 Å². The largest absolute Gasteiger partial charge is 0.284 e. The maximum Gasteiger partial charge on any atom is 0.255 e. The second-order valence-electron chi connectivity index (χ2n) is 3.68. The zero-order chi connectivity index (χ0) is 10.8. The molecule has 1 heterocycles. The second kappa shape index (κ2) is 3.73. The van der Waals surface area contributed by atoms with E-state index < -0.39 is 0 Å². The van der Waals surface area contributed by atoms with E-state index in [0.717, 1.165) is 16.8 Å². The van der Waals surface area contributed by atoms with Gasteiger partial charge in [-0.15, -0.1) is 0 Å². The Morgan fingerprint density at radius 3 is 2.33 bits per heavy atom. The summed E-state index contributed by atoms with van der Waals surface area (Å²) in [6, 6.07) is 11.3. The molecule has 2 aromatic rings. The summed E-state index contributed by atoms with van der Waals surface area (Å²) < 4.78 is 1.67. The van der Waals surface area contributed by atoms with E-state index in [2.05, 4.69) is 0 Å². The van der Waals surface area contributed by atoms with E-state index in [1.54, 1.807) is 10.6 Å². The minimum Gasteiger partial charge on any atom is -0.284 e. The van der Waals surface area contributed by atoms with Crippen LogP contribution >= 0.6 is 0 Å². The number of hydrogen-bond acceptors (Lipinski definition) is 1. The zero-order valence-corrected chi connectivity index (χ0v) is 8.90. The molecule has 1 aromatic carbocycles. The highest BCUT2D eigenvalue weighted by Crippen LogP contribution is 2.07. The number of hydrogen-bond donors (Lipinski definition) is 0. The summed E-state index contributed by atoms with van der Waals surface area (Å²) in [6.45, 7) is 3.96. The third-order valence-corrected chi connectivity index (χ3v) is 2.56. The Hall–Kier alpha value is -1.83. The van der Waals surface area contributed by atoms with E-state index >= 15 is 0 Å².